The SMILES string of the molecule is CC(C)(C)c1occ(-c2ccc(F)cc2F)c1C(=O)O. The molecule has 3 nitrogen and oxygen atoms in total. The number of halogens is 2. The lowest BCUT2D eigenvalue weighted by Crippen LogP contribution is -2.15. The van der Waals surface area contributed by atoms with E-state index in [0.29, 0.717) is 6.07 Å². The first-order chi connectivity index (χ1) is 9.21. The van der Waals surface area contributed by atoms with Crippen LogP contribution in [0.5, 0.6) is 0 Å². The van der Waals surface area contributed by atoms with E-state index in [1.165, 1.54) is 12.3 Å². The second-order valence-electron chi connectivity index (χ2n) is 5.53. The largest absolute Gasteiger partial charge is 0.478 e. The minimum atomic E-state index is -1.21. The highest BCUT2D eigenvalue weighted by molar-refractivity contribution is 5.97. The molecule has 0 atom stereocenters. The van der Waals surface area contributed by atoms with E-state index in [-0.39, 0.29) is 22.5 Å². The number of furan rings is 1. The van der Waals surface area contributed by atoms with Crippen molar-refractivity contribution in [1.82, 2.24) is 0 Å². The molecule has 0 spiro atoms. The Bertz CT molecular complexity index is 666. The molecule has 1 heterocycles. The molecule has 106 valence electrons. The third-order valence-electron chi connectivity index (χ3n) is 2.91. The molecular weight excluding hydrogens is 266 g/mol. The maximum atomic E-state index is 13.8. The molecule has 2 rings (SSSR count). The van der Waals surface area contributed by atoms with Gasteiger partial charge in [0.15, 0.2) is 0 Å². The third-order valence-corrected chi connectivity index (χ3v) is 2.91. The lowest BCUT2D eigenvalue weighted by molar-refractivity contribution is 0.0693. The predicted octanol–water partition coefficient (Wildman–Crippen LogP) is 4.22. The van der Waals surface area contributed by atoms with Gasteiger partial charge in [-0.05, 0) is 12.1 Å². The molecule has 0 saturated heterocycles. The van der Waals surface area contributed by atoms with Gasteiger partial charge in [-0.3, -0.25) is 0 Å². The van der Waals surface area contributed by atoms with Crippen molar-refractivity contribution in [2.45, 2.75) is 26.2 Å². The minimum absolute atomic E-state index is 0.00282. The highest BCUT2D eigenvalue weighted by atomic mass is 19.1. The Kier molecular flexibility index (Phi) is 3.38. The topological polar surface area (TPSA) is 50.4 Å². The maximum absolute atomic E-state index is 13.8. The molecule has 0 amide bonds. The van der Waals surface area contributed by atoms with Crippen LogP contribution < -0.4 is 0 Å². The van der Waals surface area contributed by atoms with Crippen molar-refractivity contribution in [2.24, 2.45) is 0 Å². The van der Waals surface area contributed by atoms with E-state index < -0.39 is 23.0 Å². The summed E-state index contributed by atoms with van der Waals surface area (Å²) in [6, 6.07) is 2.99. The van der Waals surface area contributed by atoms with Crippen molar-refractivity contribution in [3.05, 3.63) is 47.4 Å². The molecule has 20 heavy (non-hydrogen) atoms. The van der Waals surface area contributed by atoms with E-state index in [0.717, 1.165) is 6.07 Å². The quantitative estimate of drug-likeness (QED) is 0.896. The standard InChI is InChI=1S/C15H14F2O3/c1-15(2,3)13-12(14(18)19)10(7-20-13)9-5-4-8(16)6-11(9)17/h4-7H,1-3H3,(H,18,19). The van der Waals surface area contributed by atoms with Gasteiger partial charge in [0, 0.05) is 22.6 Å². The van der Waals surface area contributed by atoms with Crippen molar-refractivity contribution in [3.8, 4) is 11.1 Å². The Hall–Kier alpha value is -2.17. The molecule has 0 bridgehead atoms. The zero-order chi connectivity index (χ0) is 15.1. The fraction of sp³-hybridized carbons (Fsp3) is 0.267. The molecule has 2 aromatic rings. The van der Waals surface area contributed by atoms with Gasteiger partial charge >= 0.3 is 5.97 Å². The van der Waals surface area contributed by atoms with Crippen LogP contribution >= 0.6 is 0 Å². The van der Waals surface area contributed by atoms with Crippen molar-refractivity contribution >= 4 is 5.97 Å². The van der Waals surface area contributed by atoms with Crippen LogP contribution in [0.3, 0.4) is 0 Å². The van der Waals surface area contributed by atoms with Crippen LogP contribution in [0.4, 0.5) is 8.78 Å². The summed E-state index contributed by atoms with van der Waals surface area (Å²) in [4.78, 5) is 11.4. The van der Waals surface area contributed by atoms with Gasteiger partial charge in [-0.2, -0.15) is 0 Å². The van der Waals surface area contributed by atoms with E-state index in [1.54, 1.807) is 20.8 Å². The number of hydrogen-bond donors (Lipinski definition) is 1. The molecule has 0 aliphatic carbocycles. The van der Waals surface area contributed by atoms with Gasteiger partial charge in [0.05, 0.1) is 6.26 Å². The number of hydrogen-bond acceptors (Lipinski definition) is 2. The molecule has 0 unspecified atom stereocenters. The number of carboxylic acids is 1. The van der Waals surface area contributed by atoms with E-state index >= 15 is 0 Å². The smallest absolute Gasteiger partial charge is 0.339 e. The van der Waals surface area contributed by atoms with E-state index in [2.05, 4.69) is 0 Å². The van der Waals surface area contributed by atoms with Crippen molar-refractivity contribution in [1.29, 1.82) is 0 Å². The third kappa shape index (κ3) is 2.43. The van der Waals surface area contributed by atoms with Crippen molar-refractivity contribution in [2.75, 3.05) is 0 Å². The number of aromatic carboxylic acids is 1. The van der Waals surface area contributed by atoms with E-state index in [1.807, 2.05) is 0 Å². The zero-order valence-electron chi connectivity index (χ0n) is 11.3. The Balaban J connectivity index is 2.69. The van der Waals surface area contributed by atoms with Gasteiger partial charge in [0.1, 0.15) is 23.0 Å². The molecule has 0 radical (unpaired) electrons. The van der Waals surface area contributed by atoms with Crippen LogP contribution in [0.15, 0.2) is 28.9 Å². The van der Waals surface area contributed by atoms with Gasteiger partial charge in [-0.25, -0.2) is 13.6 Å². The molecule has 0 aliphatic rings. The Morgan fingerprint density at radius 3 is 2.35 bits per heavy atom. The summed E-state index contributed by atoms with van der Waals surface area (Å²) in [5, 5.41) is 9.35. The average Bonchev–Trinajstić information content (AvgIpc) is 2.72. The van der Waals surface area contributed by atoms with Gasteiger partial charge in [0.2, 0.25) is 0 Å². The van der Waals surface area contributed by atoms with E-state index in [9.17, 15) is 18.7 Å². The van der Waals surface area contributed by atoms with Crippen molar-refractivity contribution in [3.63, 3.8) is 0 Å². The van der Waals surface area contributed by atoms with Crippen LogP contribution in [-0.4, -0.2) is 11.1 Å². The molecule has 1 aromatic carbocycles. The summed E-state index contributed by atoms with van der Waals surface area (Å²) in [6.07, 6.45) is 1.19. The van der Waals surface area contributed by atoms with Crippen LogP contribution in [0, 0.1) is 11.6 Å². The van der Waals surface area contributed by atoms with Crippen LogP contribution in [0.2, 0.25) is 0 Å². The molecular formula is C15H14F2O3. The van der Waals surface area contributed by atoms with Gasteiger partial charge in [-0.1, -0.05) is 20.8 Å². The average molecular weight is 280 g/mol. The molecule has 0 saturated carbocycles. The van der Waals surface area contributed by atoms with Crippen LogP contribution in [-0.2, 0) is 5.41 Å². The van der Waals surface area contributed by atoms with Gasteiger partial charge in [0.25, 0.3) is 0 Å². The molecule has 1 aromatic heterocycles. The van der Waals surface area contributed by atoms with E-state index in [4.69, 9.17) is 4.42 Å². The Labute approximate surface area is 114 Å². The zero-order valence-corrected chi connectivity index (χ0v) is 11.3. The first-order valence-electron chi connectivity index (χ1n) is 6.02. The number of carbonyl (C=O) groups is 1. The van der Waals surface area contributed by atoms with Gasteiger partial charge in [-0.15, -0.1) is 0 Å². The second-order valence-corrected chi connectivity index (χ2v) is 5.53. The number of carboxylic acid groups (broad SMARTS) is 1. The van der Waals surface area contributed by atoms with Gasteiger partial charge < -0.3 is 9.52 Å². The van der Waals surface area contributed by atoms with Crippen molar-refractivity contribution < 1.29 is 23.1 Å². The minimum Gasteiger partial charge on any atom is -0.478 e. The summed E-state index contributed by atoms with van der Waals surface area (Å²) in [7, 11) is 0. The summed E-state index contributed by atoms with van der Waals surface area (Å²) in [5.41, 5.74) is -0.520. The maximum Gasteiger partial charge on any atom is 0.339 e. The predicted molar refractivity (Wildman–Crippen MR) is 69.7 cm³/mol. The molecule has 0 aliphatic heterocycles. The first-order valence-corrected chi connectivity index (χ1v) is 6.02. The Morgan fingerprint density at radius 1 is 1.20 bits per heavy atom. The number of rotatable bonds is 2. The number of benzene rings is 1. The summed E-state index contributed by atoms with van der Waals surface area (Å²) < 4.78 is 32.1. The highest BCUT2D eigenvalue weighted by Crippen LogP contribution is 2.36. The molecule has 1 N–H and O–H groups in total. The lowest BCUT2D eigenvalue weighted by atomic mass is 9.88. The monoisotopic (exact) mass is 280 g/mol. The fourth-order valence-corrected chi connectivity index (χ4v) is 2.03. The molecule has 5 heteroatoms. The summed E-state index contributed by atoms with van der Waals surface area (Å²) in [5.74, 6) is -2.50. The summed E-state index contributed by atoms with van der Waals surface area (Å²) >= 11 is 0. The normalized spacial score (nSPS) is 11.7. The first kappa shape index (κ1) is 14.2. The molecule has 0 fully saturated rings. The highest BCUT2D eigenvalue weighted by Gasteiger charge is 2.30. The summed E-state index contributed by atoms with van der Waals surface area (Å²) in [6.45, 7) is 5.38. The fourth-order valence-electron chi connectivity index (χ4n) is 2.03. The second kappa shape index (κ2) is 4.74. The lowest BCUT2D eigenvalue weighted by Gasteiger charge is -2.16. The van der Waals surface area contributed by atoms with Crippen LogP contribution in [0.1, 0.15) is 36.9 Å². The van der Waals surface area contributed by atoms with Crippen LogP contribution in [0.25, 0.3) is 11.1 Å². The Morgan fingerprint density at radius 2 is 1.85 bits per heavy atom.